The Balaban J connectivity index is 1.81. The largest absolute Gasteiger partial charge is 0.359 e. The van der Waals surface area contributed by atoms with Crippen LogP contribution in [0.2, 0.25) is 0 Å². The van der Waals surface area contributed by atoms with Crippen LogP contribution in [-0.4, -0.2) is 20.4 Å². The second kappa shape index (κ2) is 7.08. The zero-order valence-electron chi connectivity index (χ0n) is 14.9. The minimum atomic E-state index is -0.611. The van der Waals surface area contributed by atoms with E-state index in [0.717, 1.165) is 28.1 Å². The van der Waals surface area contributed by atoms with E-state index in [1.165, 1.54) is 12.1 Å². The van der Waals surface area contributed by atoms with Crippen molar-refractivity contribution < 1.29 is 8.78 Å². The van der Waals surface area contributed by atoms with E-state index in [4.69, 9.17) is 0 Å². The third-order valence-corrected chi connectivity index (χ3v) is 5.46. The zero-order chi connectivity index (χ0) is 19.0. The van der Waals surface area contributed by atoms with Crippen LogP contribution in [0, 0.1) is 11.6 Å². The molecule has 0 bridgehead atoms. The monoisotopic (exact) mass is 384 g/mol. The van der Waals surface area contributed by atoms with Crippen molar-refractivity contribution in [2.75, 3.05) is 5.32 Å². The average molecular weight is 384 g/mol. The topological polar surface area (TPSA) is 42.2 Å². The molecule has 3 aromatic heterocycles. The summed E-state index contributed by atoms with van der Waals surface area (Å²) in [6.07, 6.45) is 8.21. The summed E-state index contributed by atoms with van der Waals surface area (Å²) >= 11 is 1.54. The van der Waals surface area contributed by atoms with E-state index in [-0.39, 0.29) is 0 Å². The van der Waals surface area contributed by atoms with Gasteiger partial charge in [0.25, 0.3) is 0 Å². The third-order valence-electron chi connectivity index (χ3n) is 4.48. The number of nitrogens with zero attached hydrogens (tertiary/aromatic N) is 3. The van der Waals surface area contributed by atoms with Crippen LogP contribution < -0.4 is 5.32 Å². The van der Waals surface area contributed by atoms with Gasteiger partial charge in [-0.3, -0.25) is 0 Å². The molecule has 4 nitrogen and oxygen atoms in total. The van der Waals surface area contributed by atoms with Gasteiger partial charge in [0.05, 0.1) is 4.88 Å². The second-order valence-electron chi connectivity index (χ2n) is 6.41. The van der Waals surface area contributed by atoms with E-state index in [0.29, 0.717) is 22.8 Å². The number of fused-ring (bicyclic) bond motifs is 1. The fourth-order valence-electron chi connectivity index (χ4n) is 2.86. The highest BCUT2D eigenvalue weighted by molar-refractivity contribution is 7.18. The Hall–Kier alpha value is -2.80. The van der Waals surface area contributed by atoms with Crippen molar-refractivity contribution >= 4 is 22.1 Å². The van der Waals surface area contributed by atoms with Crippen LogP contribution in [0.3, 0.4) is 0 Å². The summed E-state index contributed by atoms with van der Waals surface area (Å²) in [5, 5.41) is 4.21. The van der Waals surface area contributed by atoms with Crippen molar-refractivity contribution in [2.45, 2.75) is 26.3 Å². The van der Waals surface area contributed by atoms with Gasteiger partial charge in [0, 0.05) is 53.6 Å². The highest BCUT2D eigenvalue weighted by Crippen LogP contribution is 2.35. The number of nitrogens with one attached hydrogen (secondary N) is 1. The maximum atomic E-state index is 14.4. The van der Waals surface area contributed by atoms with Crippen LogP contribution in [0.1, 0.15) is 20.3 Å². The molecule has 7 heteroatoms. The van der Waals surface area contributed by atoms with Crippen LogP contribution in [0.4, 0.5) is 13.9 Å². The standard InChI is InChI=1S/C20H18F2N4S/c1-3-12(2)25-20-24-10-18(27-20)13-8-16(19-23-6-7-26(19)11-13)15-5-4-14(21)9-17(15)22/h4-12H,3H2,1-2H3,(H,24,25)/t12-/m1/s1. The lowest BCUT2D eigenvalue weighted by Crippen LogP contribution is -2.12. The molecule has 0 amide bonds. The molecule has 0 unspecified atom stereocenters. The maximum Gasteiger partial charge on any atom is 0.183 e. The molecular weight excluding hydrogens is 366 g/mol. The Morgan fingerprint density at radius 3 is 2.81 bits per heavy atom. The van der Waals surface area contributed by atoms with E-state index >= 15 is 0 Å². The quantitative estimate of drug-likeness (QED) is 0.486. The summed E-state index contributed by atoms with van der Waals surface area (Å²) in [5.74, 6) is -1.21. The number of rotatable bonds is 5. The van der Waals surface area contributed by atoms with Crippen LogP contribution >= 0.6 is 11.3 Å². The number of benzene rings is 1. The fourth-order valence-corrected chi connectivity index (χ4v) is 3.77. The van der Waals surface area contributed by atoms with Crippen molar-refractivity contribution in [3.8, 4) is 21.6 Å². The smallest absolute Gasteiger partial charge is 0.183 e. The zero-order valence-corrected chi connectivity index (χ0v) is 15.7. The van der Waals surface area contributed by atoms with Crippen molar-refractivity contribution in [1.29, 1.82) is 0 Å². The first-order valence-corrected chi connectivity index (χ1v) is 9.51. The summed E-state index contributed by atoms with van der Waals surface area (Å²) in [4.78, 5) is 9.72. The average Bonchev–Trinajstić information content (AvgIpc) is 3.30. The summed E-state index contributed by atoms with van der Waals surface area (Å²) < 4.78 is 29.6. The molecule has 138 valence electrons. The minimum absolute atomic E-state index is 0.317. The van der Waals surface area contributed by atoms with Gasteiger partial charge in [-0.15, -0.1) is 0 Å². The first-order chi connectivity index (χ1) is 13.0. The molecule has 0 spiro atoms. The number of aromatic nitrogens is 3. The minimum Gasteiger partial charge on any atom is -0.359 e. The molecule has 0 fully saturated rings. The van der Waals surface area contributed by atoms with Crippen LogP contribution in [-0.2, 0) is 0 Å². The van der Waals surface area contributed by atoms with Gasteiger partial charge in [0.15, 0.2) is 5.13 Å². The molecule has 0 saturated carbocycles. The third kappa shape index (κ3) is 3.42. The molecule has 1 aromatic carbocycles. The molecular formula is C20H18F2N4S. The SMILES string of the molecule is CC[C@@H](C)Nc1ncc(-c2cc(-c3ccc(F)cc3F)c3nccn3c2)s1. The Bertz CT molecular complexity index is 1100. The van der Waals surface area contributed by atoms with Gasteiger partial charge in [-0.05, 0) is 31.5 Å². The van der Waals surface area contributed by atoms with Crippen LogP contribution in [0.5, 0.6) is 0 Å². The molecule has 27 heavy (non-hydrogen) atoms. The van der Waals surface area contributed by atoms with E-state index in [1.54, 1.807) is 23.7 Å². The van der Waals surface area contributed by atoms with E-state index in [9.17, 15) is 8.78 Å². The van der Waals surface area contributed by atoms with E-state index in [2.05, 4.69) is 29.1 Å². The van der Waals surface area contributed by atoms with Crippen molar-refractivity contribution in [1.82, 2.24) is 14.4 Å². The lowest BCUT2D eigenvalue weighted by atomic mass is 10.0. The van der Waals surface area contributed by atoms with Crippen LogP contribution in [0.25, 0.3) is 27.2 Å². The Morgan fingerprint density at radius 2 is 2.04 bits per heavy atom. The predicted molar refractivity (Wildman–Crippen MR) is 105 cm³/mol. The summed E-state index contributed by atoms with van der Waals surface area (Å²) in [6, 6.07) is 5.80. The van der Waals surface area contributed by atoms with Crippen LogP contribution in [0.15, 0.2) is 49.1 Å². The summed E-state index contributed by atoms with van der Waals surface area (Å²) in [5.41, 5.74) is 2.44. The van der Waals surface area contributed by atoms with E-state index in [1.807, 2.05) is 22.9 Å². The van der Waals surface area contributed by atoms with Crippen molar-refractivity contribution in [3.05, 3.63) is 60.7 Å². The molecule has 1 atom stereocenters. The van der Waals surface area contributed by atoms with E-state index < -0.39 is 11.6 Å². The number of hydrogen-bond donors (Lipinski definition) is 1. The highest BCUT2D eigenvalue weighted by Gasteiger charge is 2.15. The normalized spacial score (nSPS) is 12.4. The number of hydrogen-bond acceptors (Lipinski definition) is 4. The summed E-state index contributed by atoms with van der Waals surface area (Å²) in [6.45, 7) is 4.22. The molecule has 0 aliphatic heterocycles. The predicted octanol–water partition coefficient (Wildman–Crippen LogP) is 5.61. The van der Waals surface area contributed by atoms with Gasteiger partial charge >= 0.3 is 0 Å². The number of halogens is 2. The maximum absolute atomic E-state index is 14.4. The molecule has 1 N–H and O–H groups in total. The highest BCUT2D eigenvalue weighted by atomic mass is 32.1. The summed E-state index contributed by atoms with van der Waals surface area (Å²) in [7, 11) is 0. The van der Waals surface area contributed by atoms with Crippen molar-refractivity contribution in [3.63, 3.8) is 0 Å². The Kier molecular flexibility index (Phi) is 4.61. The molecule has 0 aliphatic rings. The van der Waals surface area contributed by atoms with Crippen molar-refractivity contribution in [2.24, 2.45) is 0 Å². The molecule has 0 saturated heterocycles. The van der Waals surface area contributed by atoms with Gasteiger partial charge in [-0.1, -0.05) is 18.3 Å². The lowest BCUT2D eigenvalue weighted by Gasteiger charge is -2.09. The van der Waals surface area contributed by atoms with Gasteiger partial charge in [-0.25, -0.2) is 18.7 Å². The van der Waals surface area contributed by atoms with Gasteiger partial charge in [0.2, 0.25) is 0 Å². The van der Waals surface area contributed by atoms with Gasteiger partial charge in [0.1, 0.15) is 17.3 Å². The first kappa shape index (κ1) is 17.6. The molecule has 4 aromatic rings. The molecule has 0 aliphatic carbocycles. The second-order valence-corrected chi connectivity index (χ2v) is 7.44. The Morgan fingerprint density at radius 1 is 1.19 bits per heavy atom. The number of pyridine rings is 1. The number of thiazole rings is 1. The van der Waals surface area contributed by atoms with Gasteiger partial charge in [-0.2, -0.15) is 0 Å². The Labute approximate surface area is 159 Å². The fraction of sp³-hybridized carbons (Fsp3) is 0.200. The number of imidazole rings is 1. The van der Waals surface area contributed by atoms with Gasteiger partial charge < -0.3 is 9.72 Å². The molecule has 3 heterocycles. The first-order valence-electron chi connectivity index (χ1n) is 8.70. The number of anilines is 1. The molecule has 0 radical (unpaired) electrons. The molecule has 4 rings (SSSR count). The lowest BCUT2D eigenvalue weighted by molar-refractivity contribution is 0.585.